The number of benzene rings is 1. The van der Waals surface area contributed by atoms with E-state index in [1.807, 2.05) is 6.07 Å². The maximum absolute atomic E-state index is 6.20. The Kier molecular flexibility index (Phi) is 5.64. The van der Waals surface area contributed by atoms with Crippen molar-refractivity contribution in [3.63, 3.8) is 0 Å². The quantitative estimate of drug-likeness (QED) is 0.794. The molecule has 0 bridgehead atoms. The molecule has 1 aromatic carbocycles. The zero-order valence-electron chi connectivity index (χ0n) is 11.1. The normalized spacial score (nSPS) is 21.2. The highest BCUT2D eigenvalue weighted by molar-refractivity contribution is 6.44. The van der Waals surface area contributed by atoms with Gasteiger partial charge in [0.1, 0.15) is 0 Å². The van der Waals surface area contributed by atoms with E-state index in [1.165, 1.54) is 13.0 Å². The molecule has 1 atom stereocenters. The molecule has 0 radical (unpaired) electrons. The van der Waals surface area contributed by atoms with Gasteiger partial charge in [-0.05, 0) is 44.5 Å². The lowest BCUT2D eigenvalue weighted by Gasteiger charge is -2.20. The average molecular weight is 322 g/mol. The largest absolute Gasteiger partial charge is 0.381 e. The lowest BCUT2D eigenvalue weighted by Crippen LogP contribution is -2.26. The van der Waals surface area contributed by atoms with Crippen molar-refractivity contribution < 1.29 is 0 Å². The summed E-state index contributed by atoms with van der Waals surface area (Å²) in [5.41, 5.74) is 0.881. The van der Waals surface area contributed by atoms with Gasteiger partial charge in [0, 0.05) is 12.6 Å². The molecular weight excluding hydrogens is 303 g/mol. The van der Waals surface area contributed by atoms with Crippen LogP contribution in [0.3, 0.4) is 0 Å². The van der Waals surface area contributed by atoms with Gasteiger partial charge in [-0.3, -0.25) is 0 Å². The minimum absolute atomic E-state index is 0.450. The summed E-state index contributed by atoms with van der Waals surface area (Å²) in [5.74, 6) is 0. The molecule has 1 aromatic rings. The van der Waals surface area contributed by atoms with Crippen molar-refractivity contribution in [3.05, 3.63) is 27.2 Å². The molecule has 5 heteroatoms. The van der Waals surface area contributed by atoms with Crippen molar-refractivity contribution in [2.24, 2.45) is 0 Å². The van der Waals surface area contributed by atoms with Crippen LogP contribution >= 0.6 is 34.8 Å². The maximum Gasteiger partial charge on any atom is 0.0653 e. The molecule has 1 aliphatic heterocycles. The standard InChI is InChI=1S/C14H19Cl3N2/c1-2-19-6-3-4-10(5-7-19)18-14-9-12(16)11(15)8-13(14)17/h8-10,18H,2-7H2,1H3. The molecule has 0 saturated carbocycles. The van der Waals surface area contributed by atoms with Crippen LogP contribution in [-0.4, -0.2) is 30.6 Å². The first-order chi connectivity index (χ1) is 9.10. The van der Waals surface area contributed by atoms with Gasteiger partial charge >= 0.3 is 0 Å². The Labute approximate surface area is 130 Å². The molecule has 1 aliphatic rings. The van der Waals surface area contributed by atoms with Gasteiger partial charge in [-0.15, -0.1) is 0 Å². The van der Waals surface area contributed by atoms with Crippen molar-refractivity contribution in [3.8, 4) is 0 Å². The van der Waals surface area contributed by atoms with Crippen LogP contribution in [0.5, 0.6) is 0 Å². The number of nitrogens with one attached hydrogen (secondary N) is 1. The van der Waals surface area contributed by atoms with Crippen LogP contribution in [-0.2, 0) is 0 Å². The molecule has 0 aromatic heterocycles. The predicted molar refractivity (Wildman–Crippen MR) is 84.8 cm³/mol. The summed E-state index contributed by atoms with van der Waals surface area (Å²) in [6.45, 7) is 5.65. The molecule has 1 N–H and O–H groups in total. The third kappa shape index (κ3) is 4.16. The molecule has 2 rings (SSSR count). The summed E-state index contributed by atoms with van der Waals surface area (Å²) in [5, 5.41) is 5.17. The highest BCUT2D eigenvalue weighted by Gasteiger charge is 2.17. The maximum atomic E-state index is 6.20. The van der Waals surface area contributed by atoms with E-state index < -0.39 is 0 Å². The van der Waals surface area contributed by atoms with Gasteiger partial charge in [-0.2, -0.15) is 0 Å². The molecule has 0 spiro atoms. The second-order valence-electron chi connectivity index (χ2n) is 4.95. The number of anilines is 1. The van der Waals surface area contributed by atoms with Crippen molar-refractivity contribution >= 4 is 40.5 Å². The Bertz CT molecular complexity index is 437. The fourth-order valence-corrected chi connectivity index (χ4v) is 3.07. The Morgan fingerprint density at radius 1 is 1.11 bits per heavy atom. The topological polar surface area (TPSA) is 15.3 Å². The number of hydrogen-bond acceptors (Lipinski definition) is 2. The summed E-state index contributed by atoms with van der Waals surface area (Å²) in [7, 11) is 0. The van der Waals surface area contributed by atoms with Crippen LogP contribution in [0, 0.1) is 0 Å². The monoisotopic (exact) mass is 320 g/mol. The zero-order valence-corrected chi connectivity index (χ0v) is 13.3. The van der Waals surface area contributed by atoms with Gasteiger partial charge in [0.15, 0.2) is 0 Å². The summed E-state index contributed by atoms with van der Waals surface area (Å²) >= 11 is 18.2. The van der Waals surface area contributed by atoms with Crippen LogP contribution in [0.15, 0.2) is 12.1 Å². The fourth-order valence-electron chi connectivity index (χ4n) is 2.47. The predicted octanol–water partition coefficient (Wildman–Crippen LogP) is 4.93. The second-order valence-corrected chi connectivity index (χ2v) is 6.17. The van der Waals surface area contributed by atoms with Crippen LogP contribution in [0.4, 0.5) is 5.69 Å². The second kappa shape index (κ2) is 7.03. The minimum Gasteiger partial charge on any atom is -0.381 e. The van der Waals surface area contributed by atoms with E-state index in [4.69, 9.17) is 34.8 Å². The van der Waals surface area contributed by atoms with Crippen molar-refractivity contribution in [2.75, 3.05) is 25.0 Å². The zero-order chi connectivity index (χ0) is 13.8. The van der Waals surface area contributed by atoms with Gasteiger partial charge in [0.25, 0.3) is 0 Å². The summed E-state index contributed by atoms with van der Waals surface area (Å²) in [6, 6.07) is 3.96. The first-order valence-electron chi connectivity index (χ1n) is 6.73. The Balaban J connectivity index is 2.03. The molecular formula is C14H19Cl3N2. The van der Waals surface area contributed by atoms with Crippen molar-refractivity contribution in [1.82, 2.24) is 4.90 Å². The molecule has 106 valence electrons. The highest BCUT2D eigenvalue weighted by atomic mass is 35.5. The molecule has 19 heavy (non-hydrogen) atoms. The van der Waals surface area contributed by atoms with E-state index >= 15 is 0 Å². The van der Waals surface area contributed by atoms with Gasteiger partial charge in [0.05, 0.1) is 20.8 Å². The number of likely N-dealkylation sites (tertiary alicyclic amines) is 1. The van der Waals surface area contributed by atoms with Crippen LogP contribution in [0.2, 0.25) is 15.1 Å². The van der Waals surface area contributed by atoms with E-state index in [1.54, 1.807) is 6.07 Å². The number of rotatable bonds is 3. The number of halogens is 3. The van der Waals surface area contributed by atoms with E-state index in [-0.39, 0.29) is 0 Å². The molecule has 2 nitrogen and oxygen atoms in total. The van der Waals surface area contributed by atoms with E-state index in [0.717, 1.165) is 31.6 Å². The van der Waals surface area contributed by atoms with Gasteiger partial charge in [-0.1, -0.05) is 41.7 Å². The summed E-state index contributed by atoms with van der Waals surface area (Å²) in [6.07, 6.45) is 3.50. The molecule has 0 aliphatic carbocycles. The molecule has 0 amide bonds. The van der Waals surface area contributed by atoms with Crippen LogP contribution in [0.1, 0.15) is 26.2 Å². The first kappa shape index (κ1) is 15.2. The van der Waals surface area contributed by atoms with Crippen molar-refractivity contribution in [1.29, 1.82) is 0 Å². The molecule has 1 unspecified atom stereocenters. The summed E-state index contributed by atoms with van der Waals surface area (Å²) in [4.78, 5) is 2.48. The van der Waals surface area contributed by atoms with Gasteiger partial charge in [0.2, 0.25) is 0 Å². The average Bonchev–Trinajstić information content (AvgIpc) is 2.61. The lowest BCUT2D eigenvalue weighted by atomic mass is 10.1. The molecule has 1 fully saturated rings. The van der Waals surface area contributed by atoms with Crippen LogP contribution < -0.4 is 5.32 Å². The minimum atomic E-state index is 0.450. The molecule has 1 saturated heterocycles. The smallest absolute Gasteiger partial charge is 0.0653 e. The molecule has 1 heterocycles. The Morgan fingerprint density at radius 2 is 1.84 bits per heavy atom. The number of nitrogens with zero attached hydrogens (tertiary/aromatic N) is 1. The summed E-state index contributed by atoms with van der Waals surface area (Å²) < 4.78 is 0. The third-order valence-electron chi connectivity index (χ3n) is 3.64. The van der Waals surface area contributed by atoms with Crippen molar-refractivity contribution in [2.45, 2.75) is 32.2 Å². The van der Waals surface area contributed by atoms with E-state index in [0.29, 0.717) is 21.1 Å². The first-order valence-corrected chi connectivity index (χ1v) is 7.87. The Morgan fingerprint density at radius 3 is 2.58 bits per heavy atom. The van der Waals surface area contributed by atoms with Gasteiger partial charge in [-0.25, -0.2) is 0 Å². The fraction of sp³-hybridized carbons (Fsp3) is 0.571. The SMILES string of the molecule is CCN1CCCC(Nc2cc(Cl)c(Cl)cc2Cl)CC1. The highest BCUT2D eigenvalue weighted by Crippen LogP contribution is 2.33. The van der Waals surface area contributed by atoms with Crippen LogP contribution in [0.25, 0.3) is 0 Å². The Hall–Kier alpha value is -0.150. The van der Waals surface area contributed by atoms with E-state index in [2.05, 4.69) is 17.1 Å². The van der Waals surface area contributed by atoms with Gasteiger partial charge < -0.3 is 10.2 Å². The number of hydrogen-bond donors (Lipinski definition) is 1. The van der Waals surface area contributed by atoms with E-state index in [9.17, 15) is 0 Å². The third-order valence-corrected chi connectivity index (χ3v) is 4.67. The lowest BCUT2D eigenvalue weighted by molar-refractivity contribution is 0.300.